The van der Waals surface area contributed by atoms with Gasteiger partial charge in [0.2, 0.25) is 0 Å². The molecule has 0 bridgehead atoms. The maximum absolute atomic E-state index is 12.8. The number of alkyl halides is 3. The number of amides is 3. The van der Waals surface area contributed by atoms with E-state index in [4.69, 9.17) is 0 Å². The van der Waals surface area contributed by atoms with Crippen LogP contribution >= 0.6 is 0 Å². The molecule has 0 aliphatic rings. The average Bonchev–Trinajstić information content (AvgIpc) is 2.64. The van der Waals surface area contributed by atoms with Gasteiger partial charge in [0.1, 0.15) is 0 Å². The minimum Gasteiger partial charge on any atom is -0.350 e. The van der Waals surface area contributed by atoms with Gasteiger partial charge in [0.15, 0.2) is 0 Å². The summed E-state index contributed by atoms with van der Waals surface area (Å²) in [6, 6.07) is 11.0. The first-order chi connectivity index (χ1) is 13.2. The maximum atomic E-state index is 12.8. The number of hydrogen-bond acceptors (Lipinski definition) is 2. The van der Waals surface area contributed by atoms with E-state index in [2.05, 4.69) is 16.0 Å². The van der Waals surface area contributed by atoms with Crippen molar-refractivity contribution in [2.45, 2.75) is 26.1 Å². The van der Waals surface area contributed by atoms with Gasteiger partial charge < -0.3 is 16.0 Å². The molecule has 5 nitrogen and oxygen atoms in total. The largest absolute Gasteiger partial charge is 0.416 e. The number of halogens is 3. The topological polar surface area (TPSA) is 70.2 Å². The van der Waals surface area contributed by atoms with Crippen LogP contribution in [0.25, 0.3) is 11.1 Å². The molecule has 0 heterocycles. The molecule has 0 aliphatic heterocycles. The first-order valence-electron chi connectivity index (χ1n) is 8.77. The molecule has 28 heavy (non-hydrogen) atoms. The van der Waals surface area contributed by atoms with Crippen molar-refractivity contribution in [3.8, 4) is 11.1 Å². The summed E-state index contributed by atoms with van der Waals surface area (Å²) < 4.78 is 38.5. The van der Waals surface area contributed by atoms with Crippen molar-refractivity contribution in [2.75, 3.05) is 13.1 Å². The Labute approximate surface area is 161 Å². The van der Waals surface area contributed by atoms with Gasteiger partial charge in [-0.05, 0) is 49.2 Å². The maximum Gasteiger partial charge on any atom is 0.416 e. The number of rotatable bonds is 6. The summed E-state index contributed by atoms with van der Waals surface area (Å²) in [5, 5.41) is 7.94. The van der Waals surface area contributed by atoms with Crippen molar-refractivity contribution in [3.63, 3.8) is 0 Å². The Morgan fingerprint density at radius 2 is 1.57 bits per heavy atom. The van der Waals surface area contributed by atoms with Crippen LogP contribution in [0.3, 0.4) is 0 Å². The highest BCUT2D eigenvalue weighted by Gasteiger charge is 2.30. The van der Waals surface area contributed by atoms with Crippen molar-refractivity contribution in [3.05, 3.63) is 59.7 Å². The summed E-state index contributed by atoms with van der Waals surface area (Å²) in [6.45, 7) is 4.20. The number of hydrogen-bond donors (Lipinski definition) is 3. The summed E-state index contributed by atoms with van der Waals surface area (Å²) in [6.07, 6.45) is -4.41. The quantitative estimate of drug-likeness (QED) is 0.653. The van der Waals surface area contributed by atoms with E-state index in [0.29, 0.717) is 16.7 Å². The van der Waals surface area contributed by atoms with Gasteiger partial charge >= 0.3 is 12.2 Å². The summed E-state index contributed by atoms with van der Waals surface area (Å²) in [4.78, 5) is 23.5. The van der Waals surface area contributed by atoms with Gasteiger partial charge in [0, 0.05) is 24.7 Å². The lowest BCUT2D eigenvalue weighted by Gasteiger charge is -2.11. The lowest BCUT2D eigenvalue weighted by Crippen LogP contribution is -2.42. The smallest absolute Gasteiger partial charge is 0.350 e. The van der Waals surface area contributed by atoms with E-state index in [-0.39, 0.29) is 31.1 Å². The van der Waals surface area contributed by atoms with E-state index in [1.807, 2.05) is 13.8 Å². The Morgan fingerprint density at radius 3 is 2.18 bits per heavy atom. The molecule has 0 unspecified atom stereocenters. The van der Waals surface area contributed by atoms with Crippen LogP contribution in [-0.4, -0.2) is 31.1 Å². The summed E-state index contributed by atoms with van der Waals surface area (Å²) in [5.41, 5.74) is 0.653. The third-order valence-electron chi connectivity index (χ3n) is 3.79. The molecule has 3 amide bonds. The zero-order valence-corrected chi connectivity index (χ0v) is 15.6. The highest BCUT2D eigenvalue weighted by Crippen LogP contribution is 2.32. The second-order valence-corrected chi connectivity index (χ2v) is 6.47. The van der Waals surface area contributed by atoms with Crippen LogP contribution in [0.1, 0.15) is 29.8 Å². The molecule has 0 aliphatic carbocycles. The van der Waals surface area contributed by atoms with Gasteiger partial charge in [-0.2, -0.15) is 13.2 Å². The molecule has 0 aromatic heterocycles. The fourth-order valence-corrected chi connectivity index (χ4v) is 2.46. The minimum atomic E-state index is -4.41. The molecule has 3 N–H and O–H groups in total. The van der Waals surface area contributed by atoms with Crippen molar-refractivity contribution in [2.24, 2.45) is 0 Å². The Morgan fingerprint density at radius 1 is 0.929 bits per heavy atom. The molecular weight excluding hydrogens is 371 g/mol. The molecule has 2 aromatic carbocycles. The van der Waals surface area contributed by atoms with Crippen molar-refractivity contribution < 1.29 is 22.8 Å². The zero-order valence-electron chi connectivity index (χ0n) is 15.6. The first kappa shape index (κ1) is 21.3. The van der Waals surface area contributed by atoms with Crippen LogP contribution in [0, 0.1) is 0 Å². The normalized spacial score (nSPS) is 11.2. The summed E-state index contributed by atoms with van der Waals surface area (Å²) in [7, 11) is 0. The van der Waals surface area contributed by atoms with Gasteiger partial charge in [0.05, 0.1) is 5.56 Å². The predicted molar refractivity (Wildman–Crippen MR) is 101 cm³/mol. The minimum absolute atomic E-state index is 0.0185. The van der Waals surface area contributed by atoms with Gasteiger partial charge in [-0.25, -0.2) is 4.79 Å². The van der Waals surface area contributed by atoms with Crippen LogP contribution in [0.5, 0.6) is 0 Å². The van der Waals surface area contributed by atoms with Crippen molar-refractivity contribution in [1.29, 1.82) is 0 Å². The van der Waals surface area contributed by atoms with Gasteiger partial charge in [-0.1, -0.05) is 24.3 Å². The zero-order chi connectivity index (χ0) is 20.7. The molecule has 0 saturated carbocycles. The number of nitrogens with one attached hydrogen (secondary N) is 3. The second kappa shape index (κ2) is 9.25. The SMILES string of the molecule is CC(C)NC(=O)NCCNC(=O)c1ccc(-c2cccc(C(F)(F)F)c2)cc1. The number of benzene rings is 2. The molecule has 0 spiro atoms. The molecule has 0 atom stereocenters. The molecule has 0 saturated heterocycles. The number of carbonyl (C=O) groups is 2. The van der Waals surface area contributed by atoms with E-state index in [1.54, 1.807) is 30.3 Å². The summed E-state index contributed by atoms with van der Waals surface area (Å²) in [5.74, 6) is -0.332. The molecule has 0 fully saturated rings. The highest BCUT2D eigenvalue weighted by molar-refractivity contribution is 5.94. The van der Waals surface area contributed by atoms with Crippen molar-refractivity contribution in [1.82, 2.24) is 16.0 Å². The van der Waals surface area contributed by atoms with Crippen LogP contribution in [0.4, 0.5) is 18.0 Å². The van der Waals surface area contributed by atoms with E-state index in [0.717, 1.165) is 12.1 Å². The Bertz CT molecular complexity index is 818. The molecule has 2 rings (SSSR count). The van der Waals surface area contributed by atoms with Gasteiger partial charge in [0.25, 0.3) is 5.91 Å². The van der Waals surface area contributed by atoms with Gasteiger partial charge in [-0.3, -0.25) is 4.79 Å². The van der Waals surface area contributed by atoms with Gasteiger partial charge in [-0.15, -0.1) is 0 Å². The predicted octanol–water partition coefficient (Wildman–Crippen LogP) is 3.81. The average molecular weight is 393 g/mol. The lowest BCUT2D eigenvalue weighted by atomic mass is 10.0. The van der Waals surface area contributed by atoms with Crippen LogP contribution in [-0.2, 0) is 6.18 Å². The van der Waals surface area contributed by atoms with E-state index < -0.39 is 11.7 Å². The lowest BCUT2D eigenvalue weighted by molar-refractivity contribution is -0.137. The van der Waals surface area contributed by atoms with Crippen LogP contribution in [0.2, 0.25) is 0 Å². The molecular formula is C20H22F3N3O2. The molecule has 8 heteroatoms. The molecule has 0 radical (unpaired) electrons. The van der Waals surface area contributed by atoms with E-state index in [9.17, 15) is 22.8 Å². The summed E-state index contributed by atoms with van der Waals surface area (Å²) >= 11 is 0. The Balaban J connectivity index is 1.92. The molecule has 150 valence electrons. The van der Waals surface area contributed by atoms with E-state index in [1.165, 1.54) is 6.07 Å². The van der Waals surface area contributed by atoms with Crippen LogP contribution < -0.4 is 16.0 Å². The third kappa shape index (κ3) is 6.29. The third-order valence-corrected chi connectivity index (χ3v) is 3.79. The Kier molecular flexibility index (Phi) is 7.03. The standard InChI is InChI=1S/C20H22F3N3O2/c1-13(2)26-19(28)25-11-10-24-18(27)15-8-6-14(7-9-15)16-4-3-5-17(12-16)20(21,22)23/h3-9,12-13H,10-11H2,1-2H3,(H,24,27)(H2,25,26,28). The van der Waals surface area contributed by atoms with Crippen LogP contribution in [0.15, 0.2) is 48.5 Å². The number of urea groups is 1. The number of carbonyl (C=O) groups excluding carboxylic acids is 2. The fraction of sp³-hybridized carbons (Fsp3) is 0.300. The van der Waals surface area contributed by atoms with E-state index >= 15 is 0 Å². The monoisotopic (exact) mass is 393 g/mol. The molecule has 2 aromatic rings. The highest BCUT2D eigenvalue weighted by atomic mass is 19.4. The fourth-order valence-electron chi connectivity index (χ4n) is 2.46. The van der Waals surface area contributed by atoms with Crippen molar-refractivity contribution >= 4 is 11.9 Å². The Hall–Kier alpha value is -3.03. The first-order valence-corrected chi connectivity index (χ1v) is 8.77. The second-order valence-electron chi connectivity index (χ2n) is 6.47.